The van der Waals surface area contributed by atoms with Gasteiger partial charge in [-0.05, 0) is 28.8 Å². The number of halogens is 1. The van der Waals surface area contributed by atoms with E-state index in [9.17, 15) is 4.79 Å². The molecule has 15 heavy (non-hydrogen) atoms. The Morgan fingerprint density at radius 1 is 1.60 bits per heavy atom. The number of aromatic amines is 1. The fourth-order valence-corrected chi connectivity index (χ4v) is 1.93. The summed E-state index contributed by atoms with van der Waals surface area (Å²) in [7, 11) is 1.60. The van der Waals surface area contributed by atoms with Crippen LogP contribution in [-0.2, 0) is 11.3 Å². The standard InChI is InChI=1S/C10H13BrN2O2/c1-15-5-7-8(11)10(14)13-9(12-7)6-3-2-4-6/h6H,2-5H2,1H3,(H,12,13,14). The van der Waals surface area contributed by atoms with E-state index in [-0.39, 0.29) is 5.56 Å². The molecule has 0 bridgehead atoms. The Morgan fingerprint density at radius 3 is 2.87 bits per heavy atom. The average Bonchev–Trinajstić information content (AvgIpc) is 2.11. The van der Waals surface area contributed by atoms with Crippen LogP contribution in [0.25, 0.3) is 0 Å². The first-order valence-electron chi connectivity index (χ1n) is 5.00. The Bertz CT molecular complexity index is 412. The van der Waals surface area contributed by atoms with E-state index in [0.29, 0.717) is 22.7 Å². The lowest BCUT2D eigenvalue weighted by molar-refractivity contribution is 0.180. The molecule has 4 nitrogen and oxygen atoms in total. The number of methoxy groups -OCH3 is 1. The van der Waals surface area contributed by atoms with Gasteiger partial charge in [0.2, 0.25) is 0 Å². The molecule has 0 unspecified atom stereocenters. The van der Waals surface area contributed by atoms with E-state index in [2.05, 4.69) is 25.9 Å². The maximum atomic E-state index is 11.6. The van der Waals surface area contributed by atoms with Gasteiger partial charge in [-0.15, -0.1) is 0 Å². The quantitative estimate of drug-likeness (QED) is 0.915. The highest BCUT2D eigenvalue weighted by Crippen LogP contribution is 2.34. The lowest BCUT2D eigenvalue weighted by Gasteiger charge is -2.24. The van der Waals surface area contributed by atoms with Crippen molar-refractivity contribution in [3.63, 3.8) is 0 Å². The SMILES string of the molecule is COCc1nc(C2CCC2)[nH]c(=O)c1Br. The van der Waals surface area contributed by atoms with Gasteiger partial charge in [0.1, 0.15) is 10.3 Å². The van der Waals surface area contributed by atoms with E-state index in [1.807, 2.05) is 0 Å². The second-order valence-corrected chi connectivity index (χ2v) is 4.57. The summed E-state index contributed by atoms with van der Waals surface area (Å²) in [5.41, 5.74) is 0.571. The highest BCUT2D eigenvalue weighted by atomic mass is 79.9. The molecule has 1 N–H and O–H groups in total. The molecule has 0 radical (unpaired) electrons. The molecule has 0 atom stereocenters. The molecule has 0 spiro atoms. The van der Waals surface area contributed by atoms with Gasteiger partial charge in [0.15, 0.2) is 0 Å². The summed E-state index contributed by atoms with van der Waals surface area (Å²) < 4.78 is 5.48. The Labute approximate surface area is 96.2 Å². The summed E-state index contributed by atoms with van der Waals surface area (Å²) in [6, 6.07) is 0. The molecule has 2 rings (SSSR count). The summed E-state index contributed by atoms with van der Waals surface area (Å²) >= 11 is 3.22. The Kier molecular flexibility index (Phi) is 3.21. The van der Waals surface area contributed by atoms with E-state index in [0.717, 1.165) is 18.7 Å². The summed E-state index contributed by atoms with van der Waals surface area (Å²) in [6.45, 7) is 0.365. The van der Waals surface area contributed by atoms with E-state index < -0.39 is 0 Å². The topological polar surface area (TPSA) is 55.0 Å². The van der Waals surface area contributed by atoms with Crippen LogP contribution in [0.15, 0.2) is 9.27 Å². The third-order valence-corrected chi connectivity index (χ3v) is 3.54. The number of H-pyrrole nitrogens is 1. The van der Waals surface area contributed by atoms with Crippen molar-refractivity contribution < 1.29 is 4.74 Å². The molecule has 0 amide bonds. The highest BCUT2D eigenvalue weighted by molar-refractivity contribution is 9.10. The number of ether oxygens (including phenoxy) is 1. The first-order chi connectivity index (χ1) is 7.22. The Hall–Kier alpha value is -0.680. The number of aromatic nitrogens is 2. The molecule has 1 aliphatic carbocycles. The van der Waals surface area contributed by atoms with Gasteiger partial charge >= 0.3 is 0 Å². The fraction of sp³-hybridized carbons (Fsp3) is 0.600. The van der Waals surface area contributed by atoms with Crippen LogP contribution in [0.1, 0.15) is 36.7 Å². The summed E-state index contributed by atoms with van der Waals surface area (Å²) in [6.07, 6.45) is 3.47. The van der Waals surface area contributed by atoms with Crippen molar-refractivity contribution in [2.45, 2.75) is 31.8 Å². The van der Waals surface area contributed by atoms with E-state index >= 15 is 0 Å². The number of nitrogens with zero attached hydrogens (tertiary/aromatic N) is 1. The van der Waals surface area contributed by atoms with Crippen LogP contribution < -0.4 is 5.56 Å². The molecule has 5 heteroatoms. The maximum absolute atomic E-state index is 11.6. The lowest BCUT2D eigenvalue weighted by atomic mass is 9.85. The van der Waals surface area contributed by atoms with Crippen molar-refractivity contribution in [2.75, 3.05) is 7.11 Å². The van der Waals surface area contributed by atoms with Gasteiger partial charge in [-0.1, -0.05) is 6.42 Å². The van der Waals surface area contributed by atoms with Crippen LogP contribution in [0.3, 0.4) is 0 Å². The first-order valence-corrected chi connectivity index (χ1v) is 5.79. The molecule has 0 saturated heterocycles. The van der Waals surface area contributed by atoms with Gasteiger partial charge in [-0.3, -0.25) is 4.79 Å². The number of rotatable bonds is 3. The number of nitrogens with one attached hydrogen (secondary N) is 1. The van der Waals surface area contributed by atoms with Gasteiger partial charge in [-0.25, -0.2) is 4.98 Å². The monoisotopic (exact) mass is 272 g/mol. The molecule has 0 aliphatic heterocycles. The second kappa shape index (κ2) is 4.45. The van der Waals surface area contributed by atoms with Gasteiger partial charge in [0.25, 0.3) is 5.56 Å². The minimum absolute atomic E-state index is 0.112. The molecule has 0 aromatic carbocycles. The normalized spacial score (nSPS) is 16.4. The predicted molar refractivity (Wildman–Crippen MR) is 59.9 cm³/mol. The third kappa shape index (κ3) is 2.13. The molecule has 82 valence electrons. The van der Waals surface area contributed by atoms with Crippen LogP contribution in [0.5, 0.6) is 0 Å². The summed E-state index contributed by atoms with van der Waals surface area (Å²) in [5.74, 6) is 1.24. The molecule has 1 saturated carbocycles. The molecular formula is C10H13BrN2O2. The van der Waals surface area contributed by atoms with Crippen LogP contribution >= 0.6 is 15.9 Å². The maximum Gasteiger partial charge on any atom is 0.265 e. The Balaban J connectivity index is 2.36. The van der Waals surface area contributed by atoms with Crippen LogP contribution in [0.2, 0.25) is 0 Å². The lowest BCUT2D eigenvalue weighted by Crippen LogP contribution is -2.21. The minimum atomic E-state index is -0.112. The van der Waals surface area contributed by atoms with E-state index in [4.69, 9.17) is 4.74 Å². The molecule has 1 aliphatic rings. The number of hydrogen-bond acceptors (Lipinski definition) is 3. The van der Waals surface area contributed by atoms with Crippen molar-refractivity contribution in [2.24, 2.45) is 0 Å². The Morgan fingerprint density at radius 2 is 2.33 bits per heavy atom. The fourth-order valence-electron chi connectivity index (χ4n) is 1.63. The number of hydrogen-bond donors (Lipinski definition) is 1. The van der Waals surface area contributed by atoms with Crippen molar-refractivity contribution in [3.05, 3.63) is 26.3 Å². The summed E-state index contributed by atoms with van der Waals surface area (Å²) in [4.78, 5) is 18.8. The van der Waals surface area contributed by atoms with Gasteiger partial charge < -0.3 is 9.72 Å². The zero-order valence-electron chi connectivity index (χ0n) is 8.55. The van der Waals surface area contributed by atoms with E-state index in [1.54, 1.807) is 7.11 Å². The third-order valence-electron chi connectivity index (χ3n) is 2.72. The minimum Gasteiger partial charge on any atom is -0.378 e. The largest absolute Gasteiger partial charge is 0.378 e. The molecule has 1 fully saturated rings. The van der Waals surface area contributed by atoms with Crippen molar-refractivity contribution >= 4 is 15.9 Å². The van der Waals surface area contributed by atoms with Gasteiger partial charge in [0.05, 0.1) is 12.3 Å². The molecular weight excluding hydrogens is 260 g/mol. The van der Waals surface area contributed by atoms with Crippen molar-refractivity contribution in [1.29, 1.82) is 0 Å². The second-order valence-electron chi connectivity index (χ2n) is 3.77. The predicted octanol–water partition coefficient (Wildman–Crippen LogP) is 1.95. The molecule has 1 aromatic heterocycles. The first kappa shape index (κ1) is 10.8. The smallest absolute Gasteiger partial charge is 0.265 e. The average molecular weight is 273 g/mol. The van der Waals surface area contributed by atoms with E-state index in [1.165, 1.54) is 6.42 Å². The highest BCUT2D eigenvalue weighted by Gasteiger charge is 2.23. The van der Waals surface area contributed by atoms with Crippen molar-refractivity contribution in [1.82, 2.24) is 9.97 Å². The van der Waals surface area contributed by atoms with Gasteiger partial charge in [-0.2, -0.15) is 0 Å². The van der Waals surface area contributed by atoms with Crippen LogP contribution in [0, 0.1) is 0 Å². The van der Waals surface area contributed by atoms with Gasteiger partial charge in [0, 0.05) is 13.0 Å². The zero-order valence-corrected chi connectivity index (χ0v) is 10.1. The molecule has 1 aromatic rings. The van der Waals surface area contributed by atoms with Crippen LogP contribution in [0.4, 0.5) is 0 Å². The van der Waals surface area contributed by atoms with Crippen LogP contribution in [-0.4, -0.2) is 17.1 Å². The summed E-state index contributed by atoms with van der Waals surface area (Å²) in [5, 5.41) is 0. The zero-order chi connectivity index (χ0) is 10.8. The van der Waals surface area contributed by atoms with Crippen molar-refractivity contribution in [3.8, 4) is 0 Å². The molecule has 1 heterocycles.